The first-order valence-electron chi connectivity index (χ1n) is 20.0. The highest BCUT2D eigenvalue weighted by atomic mass is 32.1. The van der Waals surface area contributed by atoms with Gasteiger partial charge in [0, 0.05) is 36.5 Å². The van der Waals surface area contributed by atoms with Crippen molar-refractivity contribution in [3.05, 3.63) is 53.6 Å². The fourth-order valence-electron chi connectivity index (χ4n) is 6.03. The average molecular weight is 865 g/mol. The van der Waals surface area contributed by atoms with Gasteiger partial charge in [0.2, 0.25) is 5.95 Å². The first kappa shape index (κ1) is 46.7. The van der Waals surface area contributed by atoms with Gasteiger partial charge in [-0.05, 0) is 44.7 Å². The molecule has 1 fully saturated rings. The Kier molecular flexibility index (Phi) is 20.3. The van der Waals surface area contributed by atoms with Gasteiger partial charge in [-0.2, -0.15) is 14.6 Å². The van der Waals surface area contributed by atoms with Gasteiger partial charge in [-0.1, -0.05) is 0 Å². The van der Waals surface area contributed by atoms with E-state index in [0.29, 0.717) is 96.4 Å². The van der Waals surface area contributed by atoms with Crippen molar-refractivity contribution in [2.75, 3.05) is 97.8 Å². The number of halogens is 2. The van der Waals surface area contributed by atoms with Gasteiger partial charge in [-0.3, -0.25) is 14.3 Å². The van der Waals surface area contributed by atoms with Crippen molar-refractivity contribution in [3.63, 3.8) is 0 Å². The smallest absolute Gasteiger partial charge is 0.309 e. The lowest BCUT2D eigenvalue weighted by atomic mass is 9.93. The van der Waals surface area contributed by atoms with Gasteiger partial charge < -0.3 is 48.9 Å². The maximum Gasteiger partial charge on any atom is 0.309 e. The van der Waals surface area contributed by atoms with Crippen LogP contribution in [0.5, 0.6) is 0 Å². The third-order valence-electron chi connectivity index (χ3n) is 8.98. The molecule has 21 heteroatoms. The zero-order valence-electron chi connectivity index (χ0n) is 33.8. The Morgan fingerprint density at radius 3 is 2.10 bits per heavy atom. The summed E-state index contributed by atoms with van der Waals surface area (Å²) in [5.41, 5.74) is 5.90. The summed E-state index contributed by atoms with van der Waals surface area (Å²) >= 11 is 1.21. The van der Waals surface area contributed by atoms with Gasteiger partial charge in [0.05, 0.1) is 110 Å². The predicted octanol–water partition coefficient (Wildman–Crippen LogP) is 4.26. The summed E-state index contributed by atoms with van der Waals surface area (Å²) in [6, 6.07) is 1.87. The summed E-state index contributed by atoms with van der Waals surface area (Å²) in [6.07, 6.45) is 8.21. The molecule has 1 saturated carbocycles. The van der Waals surface area contributed by atoms with Gasteiger partial charge in [-0.15, -0.1) is 11.3 Å². The van der Waals surface area contributed by atoms with Crippen LogP contribution in [0.1, 0.15) is 55.6 Å². The standard InChI is InChI=1S/C39H54F2N8O10S/c1-2-58-30-5-3-29(4-6-30)49-25-32(37(47-49)36-31(40)7-8-34(41)46-36)44-38(51)33-26-60-39(45-33)28-23-43-48(24-28)27-59-35(50)9-11-52-13-15-54-17-19-56-21-22-57-20-18-55-16-14-53-12-10-42/h7-8,23-26,29-30H,2-6,9-22,27,42H2,1H3,(H,44,51). The molecule has 60 heavy (non-hydrogen) atoms. The number of nitrogens with one attached hydrogen (secondary N) is 1. The van der Waals surface area contributed by atoms with Crippen molar-refractivity contribution < 1.29 is 56.3 Å². The van der Waals surface area contributed by atoms with Crippen LogP contribution in [-0.2, 0) is 49.4 Å². The quantitative estimate of drug-likeness (QED) is 0.0444. The minimum atomic E-state index is -0.876. The Morgan fingerprint density at radius 2 is 1.47 bits per heavy atom. The monoisotopic (exact) mass is 864 g/mol. The van der Waals surface area contributed by atoms with Crippen molar-refractivity contribution >= 4 is 28.9 Å². The Balaban J connectivity index is 0.973. The number of esters is 1. The zero-order chi connectivity index (χ0) is 42.4. The van der Waals surface area contributed by atoms with Crippen molar-refractivity contribution in [2.45, 2.75) is 57.9 Å². The zero-order valence-corrected chi connectivity index (χ0v) is 34.6. The maximum absolute atomic E-state index is 14.9. The fourth-order valence-corrected chi connectivity index (χ4v) is 6.81. The molecule has 0 unspecified atom stereocenters. The number of amides is 1. The van der Waals surface area contributed by atoms with Gasteiger partial charge in [0.15, 0.2) is 12.5 Å². The molecule has 0 bridgehead atoms. The topological polar surface area (TPSA) is 207 Å². The number of hydrogen-bond donors (Lipinski definition) is 2. The molecule has 4 aromatic rings. The van der Waals surface area contributed by atoms with Crippen molar-refractivity contribution in [3.8, 4) is 22.0 Å². The van der Waals surface area contributed by atoms with E-state index in [0.717, 1.165) is 37.8 Å². The second-order valence-corrected chi connectivity index (χ2v) is 14.2. The van der Waals surface area contributed by atoms with E-state index in [4.69, 9.17) is 43.6 Å². The first-order chi connectivity index (χ1) is 29.3. The second-order valence-electron chi connectivity index (χ2n) is 13.3. The van der Waals surface area contributed by atoms with E-state index < -0.39 is 23.6 Å². The molecule has 0 radical (unpaired) electrons. The number of carbonyl (C=O) groups excluding carboxylic acids is 2. The number of carbonyl (C=O) groups is 2. The van der Waals surface area contributed by atoms with Crippen molar-refractivity contribution in [1.82, 2.24) is 29.5 Å². The van der Waals surface area contributed by atoms with Crippen LogP contribution in [0, 0.1) is 11.8 Å². The largest absolute Gasteiger partial charge is 0.442 e. The van der Waals surface area contributed by atoms with Crippen LogP contribution in [0.3, 0.4) is 0 Å². The molecule has 3 N–H and O–H groups in total. The molecule has 4 heterocycles. The lowest BCUT2D eigenvalue weighted by Gasteiger charge is -2.28. The van der Waals surface area contributed by atoms with Crippen LogP contribution in [0.15, 0.2) is 36.1 Å². The Morgan fingerprint density at radius 1 is 0.833 bits per heavy atom. The van der Waals surface area contributed by atoms with Crippen LogP contribution in [0.2, 0.25) is 0 Å². The minimum Gasteiger partial charge on any atom is -0.442 e. The Hall–Kier alpha value is -4.32. The van der Waals surface area contributed by atoms with E-state index in [9.17, 15) is 18.4 Å². The summed E-state index contributed by atoms with van der Waals surface area (Å²) < 4.78 is 75.6. The van der Waals surface area contributed by atoms with E-state index in [1.54, 1.807) is 22.5 Å². The minimum absolute atomic E-state index is 0.00903. The molecule has 0 aliphatic heterocycles. The molecule has 18 nitrogen and oxygen atoms in total. The van der Waals surface area contributed by atoms with Gasteiger partial charge in [-0.25, -0.2) is 19.0 Å². The van der Waals surface area contributed by atoms with Crippen LogP contribution in [-0.4, -0.2) is 140 Å². The van der Waals surface area contributed by atoms with Gasteiger partial charge in [0.1, 0.15) is 22.1 Å². The molecule has 1 aliphatic carbocycles. The fraction of sp³-hybridized carbons (Fsp3) is 0.590. The van der Waals surface area contributed by atoms with E-state index in [2.05, 4.69) is 25.5 Å². The Bertz CT molecular complexity index is 1870. The maximum atomic E-state index is 14.9. The molecule has 0 spiro atoms. The molecule has 1 amide bonds. The number of rotatable bonds is 29. The number of hydrogen-bond acceptors (Lipinski definition) is 16. The van der Waals surface area contributed by atoms with E-state index in [1.807, 2.05) is 6.92 Å². The van der Waals surface area contributed by atoms with Crippen molar-refractivity contribution in [2.24, 2.45) is 5.73 Å². The van der Waals surface area contributed by atoms with Crippen LogP contribution >= 0.6 is 11.3 Å². The number of pyridine rings is 1. The molecule has 330 valence electrons. The normalized spacial score (nSPS) is 15.4. The summed E-state index contributed by atoms with van der Waals surface area (Å²) in [5.74, 6) is -2.69. The number of nitrogens with two attached hydrogens (primary N) is 1. The molecule has 0 aromatic carbocycles. The number of nitrogens with zero attached hydrogens (tertiary/aromatic N) is 6. The molecule has 0 saturated heterocycles. The van der Waals surface area contributed by atoms with E-state index in [1.165, 1.54) is 22.2 Å². The average Bonchev–Trinajstić information content (AvgIpc) is 4.03. The summed E-state index contributed by atoms with van der Waals surface area (Å²) in [7, 11) is 0. The van der Waals surface area contributed by atoms with E-state index >= 15 is 0 Å². The predicted molar refractivity (Wildman–Crippen MR) is 214 cm³/mol. The Labute approximate surface area is 350 Å². The molecule has 5 rings (SSSR count). The lowest BCUT2D eigenvalue weighted by molar-refractivity contribution is -0.149. The summed E-state index contributed by atoms with van der Waals surface area (Å²) in [4.78, 5) is 33.9. The molecule has 0 atom stereocenters. The highest BCUT2D eigenvalue weighted by Crippen LogP contribution is 2.35. The molecule has 4 aromatic heterocycles. The van der Waals surface area contributed by atoms with Gasteiger partial charge in [0.25, 0.3) is 5.91 Å². The van der Waals surface area contributed by atoms with Crippen LogP contribution < -0.4 is 11.1 Å². The van der Waals surface area contributed by atoms with E-state index in [-0.39, 0.29) is 54.7 Å². The first-order valence-corrected chi connectivity index (χ1v) is 20.9. The summed E-state index contributed by atoms with van der Waals surface area (Å²) in [6.45, 7) is 8.04. The highest BCUT2D eigenvalue weighted by Gasteiger charge is 2.27. The third-order valence-corrected chi connectivity index (χ3v) is 9.88. The number of thiazole rings is 1. The highest BCUT2D eigenvalue weighted by molar-refractivity contribution is 7.13. The third kappa shape index (κ3) is 15.6. The SMILES string of the molecule is CCOC1CCC(n2cc(NC(=O)c3csc(-c4cnn(COC(=O)CCOCCOCCOCCOCCOCCOCCN)c4)n3)c(-c3nc(F)ccc3F)n2)CC1. The molecular formula is C39H54F2N8O10S. The summed E-state index contributed by atoms with van der Waals surface area (Å²) in [5, 5.41) is 13.6. The van der Waals surface area contributed by atoms with Gasteiger partial charge >= 0.3 is 5.97 Å². The van der Waals surface area contributed by atoms with Crippen LogP contribution in [0.25, 0.3) is 22.0 Å². The van der Waals surface area contributed by atoms with Crippen molar-refractivity contribution in [1.29, 1.82) is 0 Å². The van der Waals surface area contributed by atoms with Crippen LogP contribution in [0.4, 0.5) is 14.5 Å². The molecular weight excluding hydrogens is 811 g/mol. The molecule has 1 aliphatic rings. The number of ether oxygens (including phenoxy) is 8. The second kappa shape index (κ2) is 26.1. The number of anilines is 1. The lowest BCUT2D eigenvalue weighted by Crippen LogP contribution is -2.24. The number of aromatic nitrogens is 6.